The third kappa shape index (κ3) is 2.54. The first kappa shape index (κ1) is 13.4. The second-order valence-electron chi connectivity index (χ2n) is 4.86. The van der Waals surface area contributed by atoms with Gasteiger partial charge in [-0.25, -0.2) is 4.79 Å². The Kier molecular flexibility index (Phi) is 3.47. The summed E-state index contributed by atoms with van der Waals surface area (Å²) in [6, 6.07) is 5.20. The van der Waals surface area contributed by atoms with E-state index in [2.05, 4.69) is 15.1 Å². The number of fused-ring (bicyclic) bond motifs is 1. The maximum absolute atomic E-state index is 11.8. The molecule has 21 heavy (non-hydrogen) atoms. The topological polar surface area (TPSA) is 86.3 Å². The Morgan fingerprint density at radius 3 is 3.10 bits per heavy atom. The monoisotopic (exact) mass is 287 g/mol. The zero-order valence-corrected chi connectivity index (χ0v) is 11.8. The summed E-state index contributed by atoms with van der Waals surface area (Å²) in [5, 5.41) is 7.99. The molecule has 0 saturated heterocycles. The maximum Gasteiger partial charge on any atom is 0.338 e. The number of rotatable bonds is 3. The predicted molar refractivity (Wildman–Crippen MR) is 77.9 cm³/mol. The lowest BCUT2D eigenvalue weighted by Crippen LogP contribution is -2.34. The number of carbonyl (C=O) groups excluding carboxylic acids is 1. The van der Waals surface area contributed by atoms with E-state index in [0.717, 1.165) is 24.6 Å². The first-order valence-electron chi connectivity index (χ1n) is 6.87. The molecule has 1 aliphatic heterocycles. The fourth-order valence-corrected chi connectivity index (χ4v) is 2.43. The van der Waals surface area contributed by atoms with Gasteiger partial charge >= 0.3 is 5.97 Å². The average molecular weight is 287 g/mol. The van der Waals surface area contributed by atoms with Crippen LogP contribution in [-0.4, -0.2) is 33.9 Å². The number of nitrogens with two attached hydrogens (primary N) is 1. The molecule has 7 nitrogen and oxygen atoms in total. The first-order chi connectivity index (χ1) is 10.2. The van der Waals surface area contributed by atoms with Gasteiger partial charge in [0.05, 0.1) is 30.1 Å². The minimum atomic E-state index is -0.334. The van der Waals surface area contributed by atoms with Gasteiger partial charge in [-0.3, -0.25) is 0 Å². The summed E-state index contributed by atoms with van der Waals surface area (Å²) in [6.45, 7) is 4.35. The van der Waals surface area contributed by atoms with Gasteiger partial charge in [-0.1, -0.05) is 0 Å². The maximum atomic E-state index is 11.8. The van der Waals surface area contributed by atoms with Gasteiger partial charge in [0.15, 0.2) is 5.82 Å². The number of nitrogen functional groups attached to an aromatic ring is 1. The highest BCUT2D eigenvalue weighted by atomic mass is 16.5. The van der Waals surface area contributed by atoms with E-state index >= 15 is 0 Å². The molecule has 3 rings (SSSR count). The number of benzene rings is 1. The van der Waals surface area contributed by atoms with Crippen LogP contribution < -0.4 is 10.6 Å². The molecule has 1 aromatic heterocycles. The van der Waals surface area contributed by atoms with E-state index in [4.69, 9.17) is 10.5 Å². The summed E-state index contributed by atoms with van der Waals surface area (Å²) >= 11 is 0. The van der Waals surface area contributed by atoms with Crippen LogP contribution in [0.3, 0.4) is 0 Å². The van der Waals surface area contributed by atoms with E-state index in [1.54, 1.807) is 31.5 Å². The van der Waals surface area contributed by atoms with Gasteiger partial charge in [0.25, 0.3) is 0 Å². The number of esters is 1. The van der Waals surface area contributed by atoms with Crippen molar-refractivity contribution in [1.82, 2.24) is 14.8 Å². The zero-order chi connectivity index (χ0) is 14.8. The molecule has 0 amide bonds. The number of anilines is 2. The van der Waals surface area contributed by atoms with Crippen LogP contribution in [-0.2, 0) is 17.8 Å². The third-order valence-electron chi connectivity index (χ3n) is 3.52. The van der Waals surface area contributed by atoms with E-state index < -0.39 is 0 Å². The number of aromatic nitrogens is 3. The lowest BCUT2D eigenvalue weighted by molar-refractivity contribution is 0.0526. The standard InChI is InChI=1S/C14H17N5O2/c1-2-21-14(20)10-3-4-11(15)12(7-10)18-5-6-19-9-16-17-13(19)8-18/h3-4,7,9H,2,5-6,8,15H2,1H3. The fraction of sp³-hybridized carbons (Fsp3) is 0.357. The Morgan fingerprint density at radius 2 is 2.29 bits per heavy atom. The van der Waals surface area contributed by atoms with Crippen LogP contribution in [0.2, 0.25) is 0 Å². The van der Waals surface area contributed by atoms with Crippen molar-refractivity contribution in [2.45, 2.75) is 20.0 Å². The van der Waals surface area contributed by atoms with Crippen LogP contribution in [0, 0.1) is 0 Å². The molecule has 0 fully saturated rings. The molecule has 1 aromatic carbocycles. The molecule has 110 valence electrons. The zero-order valence-electron chi connectivity index (χ0n) is 11.8. The van der Waals surface area contributed by atoms with Gasteiger partial charge in [-0.15, -0.1) is 10.2 Å². The van der Waals surface area contributed by atoms with Crippen LogP contribution in [0.5, 0.6) is 0 Å². The summed E-state index contributed by atoms with van der Waals surface area (Å²) in [5.74, 6) is 0.557. The Hall–Kier alpha value is -2.57. The van der Waals surface area contributed by atoms with E-state index in [9.17, 15) is 4.79 Å². The van der Waals surface area contributed by atoms with Crippen LogP contribution in [0.1, 0.15) is 23.1 Å². The Labute approximate surface area is 122 Å². The van der Waals surface area contributed by atoms with E-state index in [0.29, 0.717) is 24.4 Å². The summed E-state index contributed by atoms with van der Waals surface area (Å²) < 4.78 is 7.05. The summed E-state index contributed by atoms with van der Waals surface area (Å²) in [5.41, 5.74) is 8.02. The molecule has 0 unspecified atom stereocenters. The Balaban J connectivity index is 1.88. The average Bonchev–Trinajstić information content (AvgIpc) is 2.95. The summed E-state index contributed by atoms with van der Waals surface area (Å²) in [6.07, 6.45) is 1.73. The van der Waals surface area contributed by atoms with Crippen molar-refractivity contribution < 1.29 is 9.53 Å². The molecule has 1 aliphatic rings. The van der Waals surface area contributed by atoms with Crippen LogP contribution >= 0.6 is 0 Å². The van der Waals surface area contributed by atoms with E-state index in [1.807, 2.05) is 4.57 Å². The number of nitrogens with zero attached hydrogens (tertiary/aromatic N) is 4. The predicted octanol–water partition coefficient (Wildman–Crippen LogP) is 1.06. The van der Waals surface area contributed by atoms with Crippen molar-refractivity contribution in [2.24, 2.45) is 0 Å². The molecule has 7 heteroatoms. The fourth-order valence-electron chi connectivity index (χ4n) is 2.43. The quantitative estimate of drug-likeness (QED) is 0.671. The normalized spacial score (nSPS) is 13.9. The van der Waals surface area contributed by atoms with Gasteiger partial charge in [0, 0.05) is 13.1 Å². The molecule has 2 heterocycles. The molecule has 2 aromatic rings. The number of carbonyl (C=O) groups is 1. The molecule has 0 bridgehead atoms. The number of hydrogen-bond donors (Lipinski definition) is 1. The minimum Gasteiger partial charge on any atom is -0.462 e. The largest absolute Gasteiger partial charge is 0.462 e. The van der Waals surface area contributed by atoms with Gasteiger partial charge < -0.3 is 19.9 Å². The van der Waals surface area contributed by atoms with Crippen molar-refractivity contribution in [1.29, 1.82) is 0 Å². The molecule has 2 N–H and O–H groups in total. The lowest BCUT2D eigenvalue weighted by Gasteiger charge is -2.30. The highest BCUT2D eigenvalue weighted by Gasteiger charge is 2.20. The van der Waals surface area contributed by atoms with Gasteiger partial charge in [0.2, 0.25) is 0 Å². The van der Waals surface area contributed by atoms with Crippen molar-refractivity contribution in [2.75, 3.05) is 23.8 Å². The molecule has 0 aliphatic carbocycles. The van der Waals surface area contributed by atoms with Crippen molar-refractivity contribution in [3.8, 4) is 0 Å². The van der Waals surface area contributed by atoms with Gasteiger partial charge in [-0.05, 0) is 25.1 Å². The minimum absolute atomic E-state index is 0.334. The first-order valence-corrected chi connectivity index (χ1v) is 6.87. The molecular weight excluding hydrogens is 270 g/mol. The third-order valence-corrected chi connectivity index (χ3v) is 3.52. The summed E-state index contributed by atoms with van der Waals surface area (Å²) in [4.78, 5) is 13.9. The smallest absolute Gasteiger partial charge is 0.338 e. The summed E-state index contributed by atoms with van der Waals surface area (Å²) in [7, 11) is 0. The Bertz CT molecular complexity index is 667. The lowest BCUT2D eigenvalue weighted by atomic mass is 10.1. The highest BCUT2D eigenvalue weighted by molar-refractivity contribution is 5.92. The van der Waals surface area contributed by atoms with Crippen LogP contribution in [0.15, 0.2) is 24.5 Å². The number of hydrogen-bond acceptors (Lipinski definition) is 6. The van der Waals surface area contributed by atoms with Crippen molar-refractivity contribution in [3.05, 3.63) is 35.9 Å². The van der Waals surface area contributed by atoms with Gasteiger partial charge in [-0.2, -0.15) is 0 Å². The molecular formula is C14H17N5O2. The van der Waals surface area contributed by atoms with E-state index in [-0.39, 0.29) is 5.97 Å². The number of ether oxygens (including phenoxy) is 1. The highest BCUT2D eigenvalue weighted by Crippen LogP contribution is 2.27. The van der Waals surface area contributed by atoms with Gasteiger partial charge in [0.1, 0.15) is 6.33 Å². The van der Waals surface area contributed by atoms with E-state index in [1.165, 1.54) is 0 Å². The molecule has 0 saturated carbocycles. The van der Waals surface area contributed by atoms with Crippen molar-refractivity contribution in [3.63, 3.8) is 0 Å². The molecule has 0 atom stereocenters. The van der Waals surface area contributed by atoms with Crippen LogP contribution in [0.25, 0.3) is 0 Å². The van der Waals surface area contributed by atoms with Crippen molar-refractivity contribution >= 4 is 17.3 Å². The second-order valence-corrected chi connectivity index (χ2v) is 4.86. The second kappa shape index (κ2) is 5.43. The molecule has 0 spiro atoms. The Morgan fingerprint density at radius 1 is 1.43 bits per heavy atom. The SMILES string of the molecule is CCOC(=O)c1ccc(N)c(N2CCn3cnnc3C2)c1. The molecule has 0 radical (unpaired) electrons. The van der Waals surface area contributed by atoms with Crippen LogP contribution in [0.4, 0.5) is 11.4 Å².